The van der Waals surface area contributed by atoms with E-state index in [1.807, 2.05) is 0 Å². The molecule has 0 aliphatic carbocycles. The minimum absolute atomic E-state index is 0.138. The van der Waals surface area contributed by atoms with Crippen molar-refractivity contribution in [1.29, 1.82) is 0 Å². The molecule has 1 atom stereocenters. The largest absolute Gasteiger partial charge is 0.483 e. The van der Waals surface area contributed by atoms with Crippen molar-refractivity contribution in [1.82, 2.24) is 0 Å². The van der Waals surface area contributed by atoms with Crippen molar-refractivity contribution in [2.24, 2.45) is 0 Å². The summed E-state index contributed by atoms with van der Waals surface area (Å²) in [6, 6.07) is 8.56. The summed E-state index contributed by atoms with van der Waals surface area (Å²) < 4.78 is 61.4. The normalized spacial score (nSPS) is 16.7. The number of carbonyl (C=O) groups excluding carboxylic acids is 1. The van der Waals surface area contributed by atoms with Crippen LogP contribution in [-0.2, 0) is 4.74 Å². The maximum atomic E-state index is 13.8. The highest BCUT2D eigenvalue weighted by Gasteiger charge is 2.37. The van der Waals surface area contributed by atoms with Crippen molar-refractivity contribution >= 4 is 21.9 Å². The summed E-state index contributed by atoms with van der Waals surface area (Å²) in [5.74, 6) is -2.15. The van der Waals surface area contributed by atoms with Gasteiger partial charge in [0, 0.05) is 16.1 Å². The minimum atomic E-state index is -4.60. The second-order valence-corrected chi connectivity index (χ2v) is 6.02. The Bertz CT molecular complexity index is 787. The molecule has 1 heterocycles. The topological polar surface area (TPSA) is 35.5 Å². The van der Waals surface area contributed by atoms with Gasteiger partial charge in [-0.25, -0.2) is 9.18 Å². The van der Waals surface area contributed by atoms with Crippen molar-refractivity contribution in [3.8, 4) is 5.75 Å². The number of cyclic esters (lactones) is 1. The van der Waals surface area contributed by atoms with E-state index in [4.69, 9.17) is 4.74 Å². The van der Waals surface area contributed by atoms with Crippen LogP contribution in [0.25, 0.3) is 0 Å². The predicted octanol–water partition coefficient (Wildman–Crippen LogP) is 4.79. The van der Waals surface area contributed by atoms with Gasteiger partial charge in [0.05, 0.1) is 0 Å². The molecule has 2 aromatic carbocycles. The number of alkyl halides is 3. The number of fused-ring (bicyclic) bond motifs is 1. The zero-order valence-corrected chi connectivity index (χ0v) is 13.4. The lowest BCUT2D eigenvalue weighted by molar-refractivity contribution is -0.153. The van der Waals surface area contributed by atoms with Gasteiger partial charge in [-0.15, -0.1) is 0 Å². The smallest absolute Gasteiger partial charge is 0.422 e. The van der Waals surface area contributed by atoms with E-state index in [2.05, 4.69) is 20.7 Å². The third-order valence-electron chi connectivity index (χ3n) is 3.37. The van der Waals surface area contributed by atoms with Crippen LogP contribution in [0.15, 0.2) is 40.9 Å². The van der Waals surface area contributed by atoms with Crippen molar-refractivity contribution < 1.29 is 31.8 Å². The predicted molar refractivity (Wildman–Crippen MR) is 79.4 cm³/mol. The van der Waals surface area contributed by atoms with Gasteiger partial charge in [-0.2, -0.15) is 13.2 Å². The van der Waals surface area contributed by atoms with Gasteiger partial charge in [0.2, 0.25) is 0 Å². The zero-order valence-electron chi connectivity index (χ0n) is 11.9. The minimum Gasteiger partial charge on any atom is -0.483 e. The van der Waals surface area contributed by atoms with Gasteiger partial charge in [-0.3, -0.25) is 0 Å². The van der Waals surface area contributed by atoms with Gasteiger partial charge >= 0.3 is 12.1 Å². The molecule has 0 amide bonds. The van der Waals surface area contributed by atoms with E-state index >= 15 is 0 Å². The highest BCUT2D eigenvalue weighted by Crippen LogP contribution is 2.41. The molecule has 0 aromatic heterocycles. The quantitative estimate of drug-likeness (QED) is 0.544. The molecular weight excluding hydrogens is 396 g/mol. The second kappa shape index (κ2) is 6.08. The third-order valence-corrected chi connectivity index (χ3v) is 3.90. The molecule has 0 spiro atoms. The van der Waals surface area contributed by atoms with Crippen LogP contribution in [0.2, 0.25) is 0 Å². The molecule has 1 aliphatic rings. The Hall–Kier alpha value is -2.09. The molecule has 0 fully saturated rings. The summed E-state index contributed by atoms with van der Waals surface area (Å²) in [6.07, 6.45) is -5.50. The number of carbonyl (C=O) groups is 1. The van der Waals surface area contributed by atoms with Crippen LogP contribution in [0.1, 0.15) is 27.6 Å². The fourth-order valence-electron chi connectivity index (χ4n) is 2.42. The van der Waals surface area contributed by atoms with Gasteiger partial charge in [0.15, 0.2) is 12.7 Å². The first-order chi connectivity index (χ1) is 11.2. The SMILES string of the molecule is O=C1OC(c2ccc(Br)cc2)c2cc(F)cc(OCC(F)(F)F)c21. The molecule has 0 bridgehead atoms. The number of rotatable bonds is 3. The van der Waals surface area contributed by atoms with E-state index in [1.54, 1.807) is 24.3 Å². The average Bonchev–Trinajstić information content (AvgIpc) is 2.82. The molecule has 8 heteroatoms. The maximum Gasteiger partial charge on any atom is 0.422 e. The molecule has 126 valence electrons. The molecule has 24 heavy (non-hydrogen) atoms. The molecule has 1 unspecified atom stereocenters. The summed E-state index contributed by atoms with van der Waals surface area (Å²) >= 11 is 3.27. The summed E-state index contributed by atoms with van der Waals surface area (Å²) in [7, 11) is 0. The van der Waals surface area contributed by atoms with Gasteiger partial charge in [-0.05, 0) is 23.8 Å². The van der Waals surface area contributed by atoms with Gasteiger partial charge in [0.25, 0.3) is 0 Å². The van der Waals surface area contributed by atoms with Gasteiger partial charge in [-0.1, -0.05) is 28.1 Å². The van der Waals surface area contributed by atoms with Gasteiger partial charge < -0.3 is 9.47 Å². The number of benzene rings is 2. The van der Waals surface area contributed by atoms with E-state index in [0.29, 0.717) is 5.56 Å². The van der Waals surface area contributed by atoms with E-state index in [1.165, 1.54) is 0 Å². The fourth-order valence-corrected chi connectivity index (χ4v) is 2.68. The number of ether oxygens (including phenoxy) is 2. The molecule has 3 nitrogen and oxygen atoms in total. The Morgan fingerprint density at radius 3 is 2.46 bits per heavy atom. The van der Waals surface area contributed by atoms with E-state index in [9.17, 15) is 22.4 Å². The molecule has 0 saturated heterocycles. The van der Waals surface area contributed by atoms with Crippen LogP contribution in [0.5, 0.6) is 5.75 Å². The number of halogens is 5. The zero-order chi connectivity index (χ0) is 17.5. The fraction of sp³-hybridized carbons (Fsp3) is 0.188. The first-order valence-electron chi connectivity index (χ1n) is 6.74. The van der Waals surface area contributed by atoms with Crippen LogP contribution in [0, 0.1) is 5.82 Å². The van der Waals surface area contributed by atoms with Crippen molar-refractivity contribution in [2.45, 2.75) is 12.3 Å². The standard InChI is InChI=1S/C16H9BrF4O3/c17-9-3-1-8(2-4-9)14-11-5-10(18)6-12(13(11)15(22)24-14)23-7-16(19,20)21/h1-6,14H,7H2. The van der Waals surface area contributed by atoms with Crippen LogP contribution in [-0.4, -0.2) is 18.8 Å². The highest BCUT2D eigenvalue weighted by molar-refractivity contribution is 9.10. The third kappa shape index (κ3) is 3.38. The Morgan fingerprint density at radius 2 is 1.83 bits per heavy atom. The van der Waals surface area contributed by atoms with E-state index in [0.717, 1.165) is 16.6 Å². The first-order valence-corrected chi connectivity index (χ1v) is 7.53. The Kier molecular flexibility index (Phi) is 4.25. The Labute approximate surface area is 142 Å². The molecule has 2 aromatic rings. The average molecular weight is 405 g/mol. The lowest BCUT2D eigenvalue weighted by Crippen LogP contribution is -2.20. The summed E-state index contributed by atoms with van der Waals surface area (Å²) in [5, 5.41) is 0. The Morgan fingerprint density at radius 1 is 1.17 bits per heavy atom. The van der Waals surface area contributed by atoms with E-state index < -0.39 is 36.4 Å². The monoisotopic (exact) mass is 404 g/mol. The lowest BCUT2D eigenvalue weighted by Gasteiger charge is -2.13. The Balaban J connectivity index is 2.01. The molecule has 0 N–H and O–H groups in total. The van der Waals surface area contributed by atoms with Crippen LogP contribution in [0.4, 0.5) is 17.6 Å². The molecule has 3 rings (SSSR count). The lowest BCUT2D eigenvalue weighted by atomic mass is 9.98. The van der Waals surface area contributed by atoms with Crippen LogP contribution in [0.3, 0.4) is 0 Å². The first kappa shape index (κ1) is 16.8. The van der Waals surface area contributed by atoms with Crippen LogP contribution < -0.4 is 4.74 Å². The van der Waals surface area contributed by atoms with Crippen molar-refractivity contribution in [2.75, 3.05) is 6.61 Å². The molecule has 0 saturated carbocycles. The van der Waals surface area contributed by atoms with Crippen molar-refractivity contribution in [3.63, 3.8) is 0 Å². The summed E-state index contributed by atoms with van der Waals surface area (Å²) in [4.78, 5) is 12.1. The summed E-state index contributed by atoms with van der Waals surface area (Å²) in [6.45, 7) is -1.63. The number of hydrogen-bond donors (Lipinski definition) is 0. The maximum absolute atomic E-state index is 13.8. The van der Waals surface area contributed by atoms with Crippen LogP contribution >= 0.6 is 15.9 Å². The molecular formula is C16H9BrF4O3. The number of esters is 1. The summed E-state index contributed by atoms with van der Waals surface area (Å²) in [5.41, 5.74) is 0.519. The molecule has 0 radical (unpaired) electrons. The van der Waals surface area contributed by atoms with Gasteiger partial charge in [0.1, 0.15) is 17.1 Å². The van der Waals surface area contributed by atoms with E-state index in [-0.39, 0.29) is 11.1 Å². The highest BCUT2D eigenvalue weighted by atomic mass is 79.9. The second-order valence-electron chi connectivity index (χ2n) is 5.11. The molecule has 1 aliphatic heterocycles. The number of hydrogen-bond acceptors (Lipinski definition) is 3. The van der Waals surface area contributed by atoms with Crippen molar-refractivity contribution in [3.05, 3.63) is 63.4 Å².